The molecule has 0 atom stereocenters. The van der Waals surface area contributed by atoms with Crippen LogP contribution < -0.4 is 0 Å². The maximum atomic E-state index is 8.33. The Morgan fingerprint density at radius 3 is 3.23 bits per heavy atom. The fraction of sp³-hybridized carbons (Fsp3) is 0. The van der Waals surface area contributed by atoms with Crippen LogP contribution in [0.2, 0.25) is 0 Å². The predicted octanol–water partition coefficient (Wildman–Crippen LogP) is 2.36. The Morgan fingerprint density at radius 1 is 1.46 bits per heavy atom. The Bertz CT molecular complexity index is 491. The quantitative estimate of drug-likeness (QED) is 0.617. The number of allylic oxidation sites excluding steroid dienone is 1. The maximum absolute atomic E-state index is 8.33. The van der Waals surface area contributed by atoms with Gasteiger partial charge in [0.2, 0.25) is 0 Å². The predicted molar refractivity (Wildman–Crippen MR) is 48.7 cm³/mol. The molecule has 1 heterocycles. The highest BCUT2D eigenvalue weighted by atomic mass is 16.3. The van der Waals surface area contributed by atoms with Crippen molar-refractivity contribution in [1.82, 2.24) is 4.98 Å². The fourth-order valence-electron chi connectivity index (χ4n) is 1.11. The third kappa shape index (κ3) is 1.42. The van der Waals surface area contributed by atoms with Crippen LogP contribution in [0.3, 0.4) is 0 Å². The van der Waals surface area contributed by atoms with Crippen LogP contribution >= 0.6 is 0 Å². The molecular weight excluding hydrogens is 164 g/mol. The van der Waals surface area contributed by atoms with Crippen molar-refractivity contribution in [3.05, 3.63) is 36.2 Å². The van der Waals surface area contributed by atoms with Gasteiger partial charge in [-0.2, -0.15) is 5.26 Å². The molecule has 1 aromatic heterocycles. The van der Waals surface area contributed by atoms with Crippen LogP contribution in [0.15, 0.2) is 35.1 Å². The third-order valence-electron chi connectivity index (χ3n) is 1.70. The minimum atomic E-state index is 0.758. The third-order valence-corrected chi connectivity index (χ3v) is 1.70. The van der Waals surface area contributed by atoms with E-state index in [2.05, 4.69) is 4.98 Å². The molecule has 13 heavy (non-hydrogen) atoms. The number of hydrogen-bond acceptors (Lipinski definition) is 3. The van der Waals surface area contributed by atoms with Crippen LogP contribution in [-0.2, 0) is 0 Å². The van der Waals surface area contributed by atoms with Gasteiger partial charge in [-0.15, -0.1) is 0 Å². The van der Waals surface area contributed by atoms with E-state index in [0.29, 0.717) is 0 Å². The summed E-state index contributed by atoms with van der Waals surface area (Å²) in [5.74, 6) is 0. The van der Waals surface area contributed by atoms with Gasteiger partial charge in [0.05, 0.1) is 6.07 Å². The number of benzene rings is 1. The number of nitriles is 1. The number of aromatic nitrogens is 1. The summed E-state index contributed by atoms with van der Waals surface area (Å²) in [6, 6.07) is 7.51. The molecule has 3 nitrogen and oxygen atoms in total. The first-order valence-electron chi connectivity index (χ1n) is 3.79. The highest BCUT2D eigenvalue weighted by molar-refractivity contribution is 5.75. The summed E-state index contributed by atoms with van der Waals surface area (Å²) in [6.07, 6.45) is 4.57. The number of nitrogens with zero attached hydrogens (tertiary/aromatic N) is 2. The second-order valence-electron chi connectivity index (χ2n) is 2.54. The smallest absolute Gasteiger partial charge is 0.181 e. The van der Waals surface area contributed by atoms with Crippen molar-refractivity contribution in [2.45, 2.75) is 0 Å². The molecule has 0 aliphatic heterocycles. The molecule has 0 radical (unpaired) electrons. The average molecular weight is 170 g/mol. The van der Waals surface area contributed by atoms with Gasteiger partial charge in [-0.25, -0.2) is 4.98 Å². The molecule has 0 aliphatic carbocycles. The molecule has 0 unspecified atom stereocenters. The maximum Gasteiger partial charge on any atom is 0.181 e. The van der Waals surface area contributed by atoms with Gasteiger partial charge >= 0.3 is 0 Å². The van der Waals surface area contributed by atoms with E-state index in [1.165, 1.54) is 12.5 Å². The molecule has 2 rings (SSSR count). The van der Waals surface area contributed by atoms with Gasteiger partial charge in [0.15, 0.2) is 12.0 Å². The number of hydrogen-bond donors (Lipinski definition) is 0. The van der Waals surface area contributed by atoms with Crippen molar-refractivity contribution in [1.29, 1.82) is 5.26 Å². The SMILES string of the molecule is N#CC=Cc1ccc2ocnc2c1. The summed E-state index contributed by atoms with van der Waals surface area (Å²) in [7, 11) is 0. The van der Waals surface area contributed by atoms with E-state index >= 15 is 0 Å². The molecule has 62 valence electrons. The molecule has 1 aromatic carbocycles. The van der Waals surface area contributed by atoms with Crippen molar-refractivity contribution in [2.24, 2.45) is 0 Å². The van der Waals surface area contributed by atoms with Crippen LogP contribution in [0.1, 0.15) is 5.56 Å². The van der Waals surface area contributed by atoms with Gasteiger partial charge in [0.25, 0.3) is 0 Å². The van der Waals surface area contributed by atoms with Crippen LogP contribution in [0.4, 0.5) is 0 Å². The lowest BCUT2D eigenvalue weighted by Gasteiger charge is -1.89. The molecule has 2 aromatic rings. The van der Waals surface area contributed by atoms with Crippen molar-refractivity contribution in [2.75, 3.05) is 0 Å². The average Bonchev–Trinajstić information content (AvgIpc) is 2.61. The summed E-state index contributed by atoms with van der Waals surface area (Å²) in [4.78, 5) is 4.00. The van der Waals surface area contributed by atoms with Crippen molar-refractivity contribution >= 4 is 17.2 Å². The second kappa shape index (κ2) is 3.11. The number of oxazole rings is 1. The Kier molecular flexibility index (Phi) is 1.81. The van der Waals surface area contributed by atoms with Crippen LogP contribution in [-0.4, -0.2) is 4.98 Å². The Labute approximate surface area is 74.9 Å². The van der Waals surface area contributed by atoms with E-state index in [9.17, 15) is 0 Å². The summed E-state index contributed by atoms with van der Waals surface area (Å²) < 4.78 is 5.08. The lowest BCUT2D eigenvalue weighted by atomic mass is 10.2. The van der Waals surface area contributed by atoms with Gasteiger partial charge in [-0.1, -0.05) is 6.07 Å². The molecule has 0 fully saturated rings. The molecule has 0 aliphatic rings. The number of fused-ring (bicyclic) bond motifs is 1. The fourth-order valence-corrected chi connectivity index (χ4v) is 1.11. The van der Waals surface area contributed by atoms with Crippen molar-refractivity contribution < 1.29 is 4.42 Å². The lowest BCUT2D eigenvalue weighted by molar-refractivity contribution is 0.602. The van der Waals surface area contributed by atoms with E-state index in [-0.39, 0.29) is 0 Å². The zero-order valence-corrected chi connectivity index (χ0v) is 6.77. The lowest BCUT2D eigenvalue weighted by Crippen LogP contribution is -1.72. The van der Waals surface area contributed by atoms with Gasteiger partial charge in [0.1, 0.15) is 5.52 Å². The van der Waals surface area contributed by atoms with Crippen molar-refractivity contribution in [3.8, 4) is 6.07 Å². The molecule has 0 saturated heterocycles. The van der Waals surface area contributed by atoms with Crippen molar-refractivity contribution in [3.63, 3.8) is 0 Å². The van der Waals surface area contributed by atoms with Gasteiger partial charge in [-0.3, -0.25) is 0 Å². The second-order valence-corrected chi connectivity index (χ2v) is 2.54. The summed E-state index contributed by atoms with van der Waals surface area (Å²) in [6.45, 7) is 0. The van der Waals surface area contributed by atoms with Gasteiger partial charge in [0, 0.05) is 6.08 Å². The minimum absolute atomic E-state index is 0.758. The molecule has 0 saturated carbocycles. The molecule has 0 N–H and O–H groups in total. The minimum Gasteiger partial charge on any atom is -0.443 e. The first-order chi connectivity index (χ1) is 6.40. The van der Waals surface area contributed by atoms with E-state index < -0.39 is 0 Å². The monoisotopic (exact) mass is 170 g/mol. The first kappa shape index (κ1) is 7.56. The van der Waals surface area contributed by atoms with E-state index in [4.69, 9.17) is 9.68 Å². The summed E-state index contributed by atoms with van der Waals surface area (Å²) >= 11 is 0. The van der Waals surface area contributed by atoms with E-state index in [1.807, 2.05) is 24.3 Å². The Morgan fingerprint density at radius 2 is 2.38 bits per heavy atom. The van der Waals surface area contributed by atoms with Crippen LogP contribution in [0, 0.1) is 11.3 Å². The largest absolute Gasteiger partial charge is 0.443 e. The van der Waals surface area contributed by atoms with E-state index in [0.717, 1.165) is 16.7 Å². The first-order valence-corrected chi connectivity index (χ1v) is 3.79. The van der Waals surface area contributed by atoms with E-state index in [1.54, 1.807) is 6.08 Å². The standard InChI is InChI=1S/C10H6N2O/c11-5-1-2-8-3-4-10-9(6-8)12-7-13-10/h1-4,6-7H. The molecule has 0 bridgehead atoms. The molecule has 3 heteroatoms. The zero-order chi connectivity index (χ0) is 9.10. The highest BCUT2D eigenvalue weighted by Gasteiger charge is 1.96. The Balaban J connectivity index is 2.49. The van der Waals surface area contributed by atoms with Crippen LogP contribution in [0.5, 0.6) is 0 Å². The van der Waals surface area contributed by atoms with Crippen LogP contribution in [0.25, 0.3) is 17.2 Å². The normalized spacial score (nSPS) is 10.7. The zero-order valence-electron chi connectivity index (χ0n) is 6.77. The summed E-state index contributed by atoms with van der Waals surface area (Å²) in [5, 5.41) is 8.33. The summed E-state index contributed by atoms with van der Waals surface area (Å²) in [5.41, 5.74) is 2.51. The molecule has 0 amide bonds. The van der Waals surface area contributed by atoms with Gasteiger partial charge in [-0.05, 0) is 23.8 Å². The molecule has 0 spiro atoms. The Hall–Kier alpha value is -2.08. The molecular formula is C10H6N2O. The van der Waals surface area contributed by atoms with Gasteiger partial charge < -0.3 is 4.42 Å². The highest BCUT2D eigenvalue weighted by Crippen LogP contribution is 2.14. The number of rotatable bonds is 1. The topological polar surface area (TPSA) is 49.8 Å².